The first-order chi connectivity index (χ1) is 19.1. The summed E-state index contributed by atoms with van der Waals surface area (Å²) in [4.78, 5) is 33.7. The fourth-order valence-electron chi connectivity index (χ4n) is 5.70. The van der Waals surface area contributed by atoms with Crippen LogP contribution >= 0.6 is 0 Å². The molecule has 226 valence electrons. The largest absolute Gasteiger partial charge is 0.573 e. The van der Waals surface area contributed by atoms with Crippen LogP contribution in [0.4, 0.5) is 22.8 Å². The minimum absolute atomic E-state index is 0.0576. The van der Waals surface area contributed by atoms with Gasteiger partial charge in [0.25, 0.3) is 0 Å². The van der Waals surface area contributed by atoms with Crippen LogP contribution < -0.4 is 10.5 Å². The Morgan fingerprint density at radius 1 is 1.07 bits per heavy atom. The highest BCUT2D eigenvalue weighted by Gasteiger charge is 2.43. The molecule has 4 atom stereocenters. The van der Waals surface area contributed by atoms with Gasteiger partial charge in [-0.05, 0) is 29.5 Å². The summed E-state index contributed by atoms with van der Waals surface area (Å²) in [5.74, 6) is 0.270. The molecule has 2 N–H and O–H groups in total. The maximum Gasteiger partial charge on any atom is 0.573 e. The summed E-state index contributed by atoms with van der Waals surface area (Å²) in [7, 11) is 0. The smallest absolute Gasteiger partial charge is 0.446 e. The number of aromatic nitrogens is 2. The van der Waals surface area contributed by atoms with E-state index in [9.17, 15) is 22.8 Å². The zero-order chi connectivity index (χ0) is 30.1. The number of halogens is 3. The van der Waals surface area contributed by atoms with E-state index in [1.807, 2.05) is 39.5 Å². The second-order valence-corrected chi connectivity index (χ2v) is 12.2. The standard InChI is InChI=1S/C28H38F3N5O5/c1-16(2)23-33-24(41-34-23)19-12-18(17-6-8-20(9-7-17)40-28(29,30)31)14-35(15-19)26(38)36-11-10-21(39-25(32)37)13-22(36)27(3,4)5/h6-9,16,18-19,21-22H,10-15H2,1-5H3,(H2,32,37). The van der Waals surface area contributed by atoms with Crippen LogP contribution in [0.25, 0.3) is 0 Å². The number of nitrogens with zero attached hydrogens (tertiary/aromatic N) is 4. The minimum atomic E-state index is -4.79. The number of hydrogen-bond acceptors (Lipinski definition) is 7. The Balaban J connectivity index is 1.60. The summed E-state index contributed by atoms with van der Waals surface area (Å²) in [6.07, 6.45) is -4.51. The second-order valence-electron chi connectivity index (χ2n) is 12.2. The molecule has 0 aliphatic carbocycles. The lowest BCUT2D eigenvalue weighted by molar-refractivity contribution is -0.274. The molecule has 1 aromatic heterocycles. The quantitative estimate of drug-likeness (QED) is 0.476. The molecule has 2 aromatic rings. The molecule has 0 spiro atoms. The summed E-state index contributed by atoms with van der Waals surface area (Å²) in [5, 5.41) is 4.10. The zero-order valence-corrected chi connectivity index (χ0v) is 24.0. The monoisotopic (exact) mass is 581 g/mol. The molecule has 3 heterocycles. The van der Waals surface area contributed by atoms with E-state index in [0.29, 0.717) is 50.6 Å². The Bertz CT molecular complexity index is 1210. The number of primary amides is 1. The van der Waals surface area contributed by atoms with Gasteiger partial charge < -0.3 is 29.5 Å². The molecule has 41 heavy (non-hydrogen) atoms. The van der Waals surface area contributed by atoms with Crippen LogP contribution in [0.15, 0.2) is 28.8 Å². The maximum absolute atomic E-state index is 14.1. The van der Waals surface area contributed by atoms with E-state index >= 15 is 0 Å². The second kappa shape index (κ2) is 11.8. The highest BCUT2D eigenvalue weighted by molar-refractivity contribution is 5.75. The van der Waals surface area contributed by atoms with Crippen LogP contribution in [0.3, 0.4) is 0 Å². The van der Waals surface area contributed by atoms with Crippen molar-refractivity contribution in [1.82, 2.24) is 19.9 Å². The van der Waals surface area contributed by atoms with Crippen molar-refractivity contribution < 1.29 is 36.8 Å². The van der Waals surface area contributed by atoms with Gasteiger partial charge in [0.05, 0.1) is 5.92 Å². The summed E-state index contributed by atoms with van der Waals surface area (Å²) < 4.78 is 53.0. The molecule has 4 unspecified atom stereocenters. The fourth-order valence-corrected chi connectivity index (χ4v) is 5.70. The van der Waals surface area contributed by atoms with Gasteiger partial charge in [-0.3, -0.25) is 0 Å². The van der Waals surface area contributed by atoms with Crippen molar-refractivity contribution >= 4 is 12.1 Å². The Hall–Kier alpha value is -3.51. The molecule has 0 bridgehead atoms. The molecule has 2 aliphatic rings. The van der Waals surface area contributed by atoms with Crippen molar-refractivity contribution in [2.24, 2.45) is 11.1 Å². The number of benzene rings is 1. The van der Waals surface area contributed by atoms with Gasteiger partial charge in [-0.1, -0.05) is 51.9 Å². The predicted molar refractivity (Wildman–Crippen MR) is 142 cm³/mol. The number of nitrogens with two attached hydrogens (primary N) is 1. The average Bonchev–Trinajstić information content (AvgIpc) is 3.38. The van der Waals surface area contributed by atoms with Gasteiger partial charge >= 0.3 is 18.5 Å². The average molecular weight is 582 g/mol. The molecule has 10 nitrogen and oxygen atoms in total. The number of urea groups is 1. The summed E-state index contributed by atoms with van der Waals surface area (Å²) in [6, 6.07) is 5.35. The number of alkyl halides is 3. The van der Waals surface area contributed by atoms with Crippen LogP contribution in [0, 0.1) is 5.41 Å². The van der Waals surface area contributed by atoms with Gasteiger partial charge in [0.1, 0.15) is 11.9 Å². The summed E-state index contributed by atoms with van der Waals surface area (Å²) in [5.41, 5.74) is 5.72. The third-order valence-corrected chi connectivity index (χ3v) is 7.71. The van der Waals surface area contributed by atoms with Crippen molar-refractivity contribution in [3.63, 3.8) is 0 Å². The van der Waals surface area contributed by atoms with Crippen LogP contribution in [-0.2, 0) is 4.74 Å². The minimum Gasteiger partial charge on any atom is -0.446 e. The van der Waals surface area contributed by atoms with Gasteiger partial charge in [0, 0.05) is 50.4 Å². The van der Waals surface area contributed by atoms with Gasteiger partial charge in [-0.15, -0.1) is 13.2 Å². The highest BCUT2D eigenvalue weighted by atomic mass is 19.4. The first-order valence-corrected chi connectivity index (χ1v) is 13.8. The highest BCUT2D eigenvalue weighted by Crippen LogP contribution is 2.39. The van der Waals surface area contributed by atoms with Gasteiger partial charge in [-0.25, -0.2) is 9.59 Å². The first kappa shape index (κ1) is 30.4. The van der Waals surface area contributed by atoms with Crippen molar-refractivity contribution in [3.05, 3.63) is 41.5 Å². The van der Waals surface area contributed by atoms with Crippen molar-refractivity contribution in [3.8, 4) is 5.75 Å². The number of carbonyl (C=O) groups excluding carboxylic acids is 2. The molecular formula is C28H38F3N5O5. The van der Waals surface area contributed by atoms with E-state index < -0.39 is 12.5 Å². The van der Waals surface area contributed by atoms with Crippen LogP contribution in [-0.4, -0.2) is 70.2 Å². The Morgan fingerprint density at radius 3 is 2.29 bits per heavy atom. The number of piperidine rings is 2. The molecule has 2 aliphatic heterocycles. The van der Waals surface area contributed by atoms with Crippen molar-refractivity contribution in [2.45, 2.75) is 90.1 Å². The molecule has 13 heteroatoms. The van der Waals surface area contributed by atoms with E-state index in [-0.39, 0.29) is 47.1 Å². The number of hydrogen-bond donors (Lipinski definition) is 1. The number of ether oxygens (including phenoxy) is 2. The normalized spacial score (nSPS) is 23.9. The van der Waals surface area contributed by atoms with Crippen LogP contribution in [0.1, 0.15) is 88.9 Å². The van der Waals surface area contributed by atoms with E-state index in [4.69, 9.17) is 15.0 Å². The third kappa shape index (κ3) is 7.62. The molecule has 0 saturated carbocycles. The van der Waals surface area contributed by atoms with Crippen LogP contribution in [0.5, 0.6) is 5.75 Å². The Morgan fingerprint density at radius 2 is 1.73 bits per heavy atom. The van der Waals surface area contributed by atoms with Gasteiger partial charge in [0.2, 0.25) is 5.89 Å². The van der Waals surface area contributed by atoms with E-state index in [1.54, 1.807) is 17.0 Å². The third-order valence-electron chi connectivity index (χ3n) is 7.71. The summed E-state index contributed by atoms with van der Waals surface area (Å²) >= 11 is 0. The number of rotatable bonds is 5. The fraction of sp³-hybridized carbons (Fsp3) is 0.643. The molecular weight excluding hydrogens is 543 g/mol. The van der Waals surface area contributed by atoms with Gasteiger partial charge in [-0.2, -0.15) is 4.98 Å². The number of carbonyl (C=O) groups is 2. The topological polar surface area (TPSA) is 124 Å². The molecule has 2 fully saturated rings. The van der Waals surface area contributed by atoms with Gasteiger partial charge in [0.15, 0.2) is 5.82 Å². The first-order valence-electron chi connectivity index (χ1n) is 13.8. The Labute approximate surface area is 237 Å². The molecule has 3 amide bonds. The lowest BCUT2D eigenvalue weighted by Gasteiger charge is -2.48. The SMILES string of the molecule is CC(C)c1noc(C2CC(c3ccc(OC(F)(F)F)cc3)CN(C(=O)N3CCC(OC(N)=O)CC3C(C)(C)C)C2)n1. The summed E-state index contributed by atoms with van der Waals surface area (Å²) in [6.45, 7) is 11.1. The van der Waals surface area contributed by atoms with E-state index in [1.165, 1.54) is 12.1 Å². The maximum atomic E-state index is 14.1. The Kier molecular flexibility index (Phi) is 8.74. The van der Waals surface area contributed by atoms with E-state index in [2.05, 4.69) is 14.9 Å². The number of likely N-dealkylation sites (tertiary alicyclic amines) is 2. The van der Waals surface area contributed by atoms with Crippen molar-refractivity contribution in [2.75, 3.05) is 19.6 Å². The predicted octanol–water partition coefficient (Wildman–Crippen LogP) is 5.76. The van der Waals surface area contributed by atoms with Crippen molar-refractivity contribution in [1.29, 1.82) is 0 Å². The molecule has 4 rings (SSSR count). The molecule has 0 radical (unpaired) electrons. The zero-order valence-electron chi connectivity index (χ0n) is 24.0. The number of amides is 3. The van der Waals surface area contributed by atoms with E-state index in [0.717, 1.165) is 5.56 Å². The lowest BCUT2D eigenvalue weighted by Crippen LogP contribution is -2.58. The molecule has 2 saturated heterocycles. The molecule has 1 aromatic carbocycles. The lowest BCUT2D eigenvalue weighted by atomic mass is 9.79. The van der Waals surface area contributed by atoms with Crippen LogP contribution in [0.2, 0.25) is 0 Å².